The van der Waals surface area contributed by atoms with E-state index < -0.39 is 0 Å². The highest BCUT2D eigenvalue weighted by Crippen LogP contribution is 2.40. The molecule has 0 aliphatic heterocycles. The summed E-state index contributed by atoms with van der Waals surface area (Å²) in [5.41, 5.74) is 13.9. The molecule has 3 heterocycles. The fourth-order valence-electron chi connectivity index (χ4n) is 9.09. The van der Waals surface area contributed by atoms with Crippen molar-refractivity contribution in [3.05, 3.63) is 224 Å². The highest BCUT2D eigenvalue weighted by atomic mass is 15.0. The van der Waals surface area contributed by atoms with Gasteiger partial charge in [0.2, 0.25) is 0 Å². The molecule has 12 aromatic rings. The zero-order valence-corrected chi connectivity index (χ0v) is 33.6. The Labute approximate surface area is 358 Å². The van der Waals surface area contributed by atoms with Gasteiger partial charge in [-0.3, -0.25) is 0 Å². The summed E-state index contributed by atoms with van der Waals surface area (Å²) < 4.78 is 4.82. The maximum atomic E-state index is 5.25. The highest BCUT2D eigenvalue weighted by molar-refractivity contribution is 6.12. The monoisotopic (exact) mass is 791 g/mol. The molecular formula is C57H37N5. The first-order valence-corrected chi connectivity index (χ1v) is 20.9. The molecule has 0 radical (unpaired) electrons. The van der Waals surface area contributed by atoms with Gasteiger partial charge in [0.15, 0.2) is 17.5 Å². The lowest BCUT2D eigenvalue weighted by molar-refractivity contribution is 1.07. The molecule has 5 nitrogen and oxygen atoms in total. The van der Waals surface area contributed by atoms with Crippen molar-refractivity contribution in [2.24, 2.45) is 0 Å². The van der Waals surface area contributed by atoms with Crippen LogP contribution in [0.15, 0.2) is 224 Å². The number of hydrogen-bond acceptors (Lipinski definition) is 3. The average molecular weight is 792 g/mol. The zero-order valence-electron chi connectivity index (χ0n) is 33.6. The molecule has 0 amide bonds. The summed E-state index contributed by atoms with van der Waals surface area (Å²) in [7, 11) is 0. The van der Waals surface area contributed by atoms with Crippen molar-refractivity contribution in [1.29, 1.82) is 0 Å². The molecule has 9 aromatic carbocycles. The van der Waals surface area contributed by atoms with Crippen LogP contribution in [-0.2, 0) is 0 Å². The van der Waals surface area contributed by atoms with Crippen LogP contribution in [-0.4, -0.2) is 24.1 Å². The van der Waals surface area contributed by atoms with E-state index in [1.54, 1.807) is 0 Å². The zero-order chi connectivity index (χ0) is 41.0. The second-order valence-corrected chi connectivity index (χ2v) is 15.6. The first-order valence-electron chi connectivity index (χ1n) is 20.9. The fraction of sp³-hybridized carbons (Fsp3) is 0. The SMILES string of the molecule is c1ccc(-c2cccc(-c3nc(-c4ccccc4)nc(-c4ccc(-c5ccccc5)c(-n5c6ccccc6c6ccc(-n7c8ccccc8c8ccccc87)cc65)c4)n3)c2)cc1. The molecule has 0 fully saturated rings. The molecule has 0 N–H and O–H groups in total. The molecule has 5 heteroatoms. The molecule has 0 saturated heterocycles. The van der Waals surface area contributed by atoms with Crippen LogP contribution in [0, 0.1) is 0 Å². The second-order valence-electron chi connectivity index (χ2n) is 15.6. The average Bonchev–Trinajstić information content (AvgIpc) is 3.87. The van der Waals surface area contributed by atoms with Crippen LogP contribution in [0.2, 0.25) is 0 Å². The van der Waals surface area contributed by atoms with Crippen LogP contribution < -0.4 is 0 Å². The lowest BCUT2D eigenvalue weighted by Crippen LogP contribution is -2.02. The molecule has 290 valence electrons. The molecule has 0 bridgehead atoms. The number of fused-ring (bicyclic) bond motifs is 6. The van der Waals surface area contributed by atoms with Gasteiger partial charge in [-0.1, -0.05) is 182 Å². The fourth-order valence-corrected chi connectivity index (χ4v) is 9.09. The second kappa shape index (κ2) is 14.7. The Balaban J connectivity index is 1.11. The molecule has 0 spiro atoms. The molecular weight excluding hydrogens is 755 g/mol. The van der Waals surface area contributed by atoms with Crippen molar-refractivity contribution in [3.8, 4) is 67.8 Å². The molecule has 0 atom stereocenters. The largest absolute Gasteiger partial charge is 0.309 e. The van der Waals surface area contributed by atoms with E-state index in [2.05, 4.69) is 209 Å². The first kappa shape index (κ1) is 35.5. The van der Waals surface area contributed by atoms with Gasteiger partial charge < -0.3 is 9.13 Å². The lowest BCUT2D eigenvalue weighted by atomic mass is 10.0. The van der Waals surface area contributed by atoms with E-state index in [-0.39, 0.29) is 0 Å². The predicted octanol–water partition coefficient (Wildman–Crippen LogP) is 14.4. The van der Waals surface area contributed by atoms with Crippen LogP contribution in [0.25, 0.3) is 111 Å². The van der Waals surface area contributed by atoms with Crippen LogP contribution in [0.4, 0.5) is 0 Å². The van der Waals surface area contributed by atoms with Crippen molar-refractivity contribution in [1.82, 2.24) is 24.1 Å². The van der Waals surface area contributed by atoms with Crippen molar-refractivity contribution in [2.75, 3.05) is 0 Å². The van der Waals surface area contributed by atoms with Gasteiger partial charge in [0.1, 0.15) is 0 Å². The third-order valence-corrected chi connectivity index (χ3v) is 12.0. The number of benzene rings is 9. The number of hydrogen-bond donors (Lipinski definition) is 0. The summed E-state index contributed by atoms with van der Waals surface area (Å²) in [6.07, 6.45) is 0. The van der Waals surface area contributed by atoms with Gasteiger partial charge in [0, 0.05) is 49.5 Å². The Morgan fingerprint density at radius 1 is 0.258 bits per heavy atom. The number of aromatic nitrogens is 5. The minimum Gasteiger partial charge on any atom is -0.309 e. The Bertz CT molecular complexity index is 3570. The van der Waals surface area contributed by atoms with Gasteiger partial charge in [0.05, 0.1) is 27.8 Å². The minimum absolute atomic E-state index is 0.603. The summed E-state index contributed by atoms with van der Waals surface area (Å²) in [5, 5.41) is 4.84. The Morgan fingerprint density at radius 3 is 1.32 bits per heavy atom. The molecule has 3 aromatic heterocycles. The number of nitrogens with zero attached hydrogens (tertiary/aromatic N) is 5. The summed E-state index contributed by atoms with van der Waals surface area (Å²) in [6.45, 7) is 0. The Morgan fingerprint density at radius 2 is 0.710 bits per heavy atom. The standard InChI is InChI=1S/C57H37N5/c1-4-17-38(18-5-1)41-23-16-24-42(35-41)56-58-55(40-21-8-3-9-22-40)59-57(60-56)43-31-33-45(39-19-6-2-7-20-39)53(36-43)62-52-30-15-12-27-48(52)49-34-32-44(37-54(49)62)61-50-28-13-10-25-46(50)47-26-11-14-29-51(47)61/h1-37H. The van der Waals surface area contributed by atoms with Crippen LogP contribution in [0.1, 0.15) is 0 Å². The van der Waals surface area contributed by atoms with E-state index in [1.807, 2.05) is 24.3 Å². The van der Waals surface area contributed by atoms with Gasteiger partial charge >= 0.3 is 0 Å². The van der Waals surface area contributed by atoms with Crippen molar-refractivity contribution in [2.45, 2.75) is 0 Å². The van der Waals surface area contributed by atoms with Gasteiger partial charge in [-0.05, 0) is 59.2 Å². The Kier molecular flexibility index (Phi) is 8.42. The molecule has 62 heavy (non-hydrogen) atoms. The lowest BCUT2D eigenvalue weighted by Gasteiger charge is -2.17. The third-order valence-electron chi connectivity index (χ3n) is 12.0. The van der Waals surface area contributed by atoms with Crippen LogP contribution >= 0.6 is 0 Å². The van der Waals surface area contributed by atoms with E-state index in [0.717, 1.165) is 61.4 Å². The molecule has 0 unspecified atom stereocenters. The van der Waals surface area contributed by atoms with Crippen LogP contribution in [0.3, 0.4) is 0 Å². The van der Waals surface area contributed by atoms with Crippen LogP contribution in [0.5, 0.6) is 0 Å². The maximum Gasteiger partial charge on any atom is 0.164 e. The molecule has 0 aliphatic carbocycles. The molecule has 0 aliphatic rings. The van der Waals surface area contributed by atoms with Crippen molar-refractivity contribution < 1.29 is 0 Å². The third kappa shape index (κ3) is 5.98. The van der Waals surface area contributed by atoms with E-state index >= 15 is 0 Å². The van der Waals surface area contributed by atoms with Gasteiger partial charge in [-0.25, -0.2) is 15.0 Å². The van der Waals surface area contributed by atoms with Gasteiger partial charge in [-0.2, -0.15) is 0 Å². The summed E-state index contributed by atoms with van der Waals surface area (Å²) >= 11 is 0. The minimum atomic E-state index is 0.603. The first-order chi connectivity index (χ1) is 30.7. The Hall–Kier alpha value is -8.41. The van der Waals surface area contributed by atoms with E-state index in [0.29, 0.717) is 17.5 Å². The summed E-state index contributed by atoms with van der Waals surface area (Å²) in [5.74, 6) is 1.84. The van der Waals surface area contributed by atoms with Gasteiger partial charge in [0.25, 0.3) is 0 Å². The quantitative estimate of drug-likeness (QED) is 0.162. The van der Waals surface area contributed by atoms with Crippen molar-refractivity contribution in [3.63, 3.8) is 0 Å². The molecule has 0 saturated carbocycles. The maximum absolute atomic E-state index is 5.25. The van der Waals surface area contributed by atoms with Gasteiger partial charge in [-0.15, -0.1) is 0 Å². The summed E-state index contributed by atoms with van der Waals surface area (Å²) in [4.78, 5) is 15.6. The van der Waals surface area contributed by atoms with E-state index in [9.17, 15) is 0 Å². The topological polar surface area (TPSA) is 48.5 Å². The van der Waals surface area contributed by atoms with Crippen molar-refractivity contribution >= 4 is 43.6 Å². The van der Waals surface area contributed by atoms with E-state index in [4.69, 9.17) is 15.0 Å². The van der Waals surface area contributed by atoms with E-state index in [1.165, 1.54) is 32.6 Å². The highest BCUT2D eigenvalue weighted by Gasteiger charge is 2.21. The smallest absolute Gasteiger partial charge is 0.164 e. The number of para-hydroxylation sites is 3. The predicted molar refractivity (Wildman–Crippen MR) is 256 cm³/mol. The summed E-state index contributed by atoms with van der Waals surface area (Å²) in [6, 6.07) is 79.3. The number of rotatable bonds is 7. The molecule has 12 rings (SSSR count). The normalized spacial score (nSPS) is 11.5.